The van der Waals surface area contributed by atoms with Gasteiger partial charge in [0.05, 0.1) is 13.1 Å². The first-order chi connectivity index (χ1) is 6.52. The van der Waals surface area contributed by atoms with E-state index in [1.54, 1.807) is 6.92 Å². The second-order valence-corrected chi connectivity index (χ2v) is 3.65. The molecule has 0 saturated heterocycles. The summed E-state index contributed by atoms with van der Waals surface area (Å²) in [4.78, 5) is 12.6. The Morgan fingerprint density at radius 3 is 2.20 bits per heavy atom. The molecule has 1 atom stereocenters. The highest BCUT2D eigenvalue weighted by Crippen LogP contribution is 1.92. The topological polar surface area (TPSA) is 30.7 Å². The molecule has 1 N–H and O–H groups in total. The van der Waals surface area contributed by atoms with Gasteiger partial charge in [-0.3, -0.25) is 0 Å². The van der Waals surface area contributed by atoms with Crippen molar-refractivity contribution in [3.8, 4) is 0 Å². The molecule has 0 spiro atoms. The van der Waals surface area contributed by atoms with Crippen LogP contribution in [0.4, 0.5) is 0 Å². The number of nitrogens with one attached hydrogen (secondary N) is 1. The molecular formula is C11H22BrNO2. The molecule has 0 aliphatic heterocycles. The highest BCUT2D eigenvalue weighted by Gasteiger charge is 2.15. The lowest BCUT2D eigenvalue weighted by Gasteiger charge is -2.22. The quantitative estimate of drug-likeness (QED) is 0.428. The van der Waals surface area contributed by atoms with Crippen molar-refractivity contribution in [1.82, 2.24) is 0 Å². The maximum atomic E-state index is 11.1. The van der Waals surface area contributed by atoms with E-state index in [0.717, 1.165) is 13.1 Å². The van der Waals surface area contributed by atoms with E-state index in [2.05, 4.69) is 27.4 Å². The number of quaternary nitrogens is 1. The van der Waals surface area contributed by atoms with E-state index >= 15 is 0 Å². The van der Waals surface area contributed by atoms with Gasteiger partial charge in [-0.25, -0.2) is 4.79 Å². The van der Waals surface area contributed by atoms with Crippen LogP contribution in [0.1, 0.15) is 27.7 Å². The minimum atomic E-state index is -0.289. The number of ether oxygens (including phenoxy) is 1. The molecule has 15 heavy (non-hydrogen) atoms. The van der Waals surface area contributed by atoms with Crippen molar-refractivity contribution in [1.29, 1.82) is 0 Å². The SMILES string of the molecule is C=C(C)C(=O)OCC(C)[NH+](CC)CC.[Br-]. The van der Waals surface area contributed by atoms with Gasteiger partial charge in [-0.05, 0) is 27.7 Å². The molecule has 0 radical (unpaired) electrons. The van der Waals surface area contributed by atoms with Gasteiger partial charge in [0.2, 0.25) is 0 Å². The number of carbonyl (C=O) groups excluding carboxylic acids is 1. The molecule has 0 aliphatic rings. The van der Waals surface area contributed by atoms with Crippen LogP contribution in [-0.4, -0.2) is 31.7 Å². The maximum absolute atomic E-state index is 11.1. The third kappa shape index (κ3) is 6.68. The number of hydrogen-bond acceptors (Lipinski definition) is 2. The van der Waals surface area contributed by atoms with Gasteiger partial charge in [0.15, 0.2) is 0 Å². The first kappa shape index (κ1) is 17.1. The van der Waals surface area contributed by atoms with Gasteiger partial charge >= 0.3 is 5.97 Å². The lowest BCUT2D eigenvalue weighted by atomic mass is 10.3. The van der Waals surface area contributed by atoms with Crippen molar-refractivity contribution in [3.63, 3.8) is 0 Å². The normalized spacial score (nSPS) is 11.8. The van der Waals surface area contributed by atoms with Crippen molar-refractivity contribution in [2.75, 3.05) is 19.7 Å². The molecule has 0 aliphatic carbocycles. The number of esters is 1. The van der Waals surface area contributed by atoms with Crippen LogP contribution in [-0.2, 0) is 9.53 Å². The van der Waals surface area contributed by atoms with Crippen molar-refractivity contribution in [2.24, 2.45) is 0 Å². The molecule has 0 aromatic carbocycles. The molecule has 3 nitrogen and oxygen atoms in total. The predicted molar refractivity (Wildman–Crippen MR) is 57.3 cm³/mol. The summed E-state index contributed by atoms with van der Waals surface area (Å²) in [7, 11) is 0. The Bertz CT molecular complexity index is 203. The zero-order valence-corrected chi connectivity index (χ0v) is 11.7. The van der Waals surface area contributed by atoms with Crippen molar-refractivity contribution in [3.05, 3.63) is 12.2 Å². The average molecular weight is 280 g/mol. The summed E-state index contributed by atoms with van der Waals surface area (Å²) in [6.45, 7) is 14.2. The summed E-state index contributed by atoms with van der Waals surface area (Å²) in [6.07, 6.45) is 0. The summed E-state index contributed by atoms with van der Waals surface area (Å²) >= 11 is 0. The Balaban J connectivity index is 0. The smallest absolute Gasteiger partial charge is 0.333 e. The molecule has 90 valence electrons. The van der Waals surface area contributed by atoms with E-state index in [1.807, 2.05) is 0 Å². The largest absolute Gasteiger partial charge is 1.00 e. The Labute approximate surface area is 103 Å². The zero-order valence-electron chi connectivity index (χ0n) is 10.1. The van der Waals surface area contributed by atoms with Crippen LogP contribution < -0.4 is 21.9 Å². The third-order valence-electron chi connectivity index (χ3n) is 2.42. The lowest BCUT2D eigenvalue weighted by Crippen LogP contribution is -3.15. The van der Waals surface area contributed by atoms with Gasteiger partial charge in [0.25, 0.3) is 0 Å². The Hall–Kier alpha value is -0.350. The van der Waals surface area contributed by atoms with Gasteiger partial charge in [0, 0.05) is 5.57 Å². The molecule has 0 amide bonds. The maximum Gasteiger partial charge on any atom is 0.333 e. The number of halogens is 1. The van der Waals surface area contributed by atoms with Crippen LogP contribution in [0.3, 0.4) is 0 Å². The second-order valence-electron chi connectivity index (χ2n) is 3.65. The first-order valence-corrected chi connectivity index (χ1v) is 5.20. The number of rotatable bonds is 6. The van der Waals surface area contributed by atoms with E-state index in [1.165, 1.54) is 4.90 Å². The van der Waals surface area contributed by atoms with Gasteiger partial charge in [-0.15, -0.1) is 0 Å². The Morgan fingerprint density at radius 1 is 1.40 bits per heavy atom. The highest BCUT2D eigenvalue weighted by atomic mass is 79.9. The number of carbonyl (C=O) groups is 1. The molecule has 0 saturated carbocycles. The first-order valence-electron chi connectivity index (χ1n) is 5.20. The van der Waals surface area contributed by atoms with Crippen LogP contribution in [0.2, 0.25) is 0 Å². The monoisotopic (exact) mass is 279 g/mol. The van der Waals surface area contributed by atoms with Gasteiger partial charge in [-0.1, -0.05) is 6.58 Å². The van der Waals surface area contributed by atoms with Crippen molar-refractivity contribution < 1.29 is 31.4 Å². The minimum Gasteiger partial charge on any atom is -1.00 e. The molecule has 0 bridgehead atoms. The fourth-order valence-corrected chi connectivity index (χ4v) is 1.39. The number of likely N-dealkylation sites (N-methyl/N-ethyl adjacent to an activating group) is 1. The van der Waals surface area contributed by atoms with E-state index in [0.29, 0.717) is 18.2 Å². The standard InChI is InChI=1S/C11H21NO2.BrH/c1-6-12(7-2)10(5)8-14-11(13)9(3)4;/h10H,3,6-8H2,1-2,4-5H3;1H. The Kier molecular flexibility index (Phi) is 10.1. The summed E-state index contributed by atoms with van der Waals surface area (Å²) in [5.41, 5.74) is 0.465. The summed E-state index contributed by atoms with van der Waals surface area (Å²) < 4.78 is 5.09. The molecule has 4 heteroatoms. The molecule has 0 aromatic rings. The highest BCUT2D eigenvalue weighted by molar-refractivity contribution is 5.86. The van der Waals surface area contributed by atoms with Gasteiger partial charge in [0.1, 0.15) is 12.6 Å². The van der Waals surface area contributed by atoms with Crippen LogP contribution in [0.15, 0.2) is 12.2 Å². The van der Waals surface area contributed by atoms with Crippen LogP contribution in [0.5, 0.6) is 0 Å². The van der Waals surface area contributed by atoms with Gasteiger partial charge < -0.3 is 26.6 Å². The van der Waals surface area contributed by atoms with E-state index in [9.17, 15) is 4.79 Å². The average Bonchev–Trinajstić information content (AvgIpc) is 2.15. The summed E-state index contributed by atoms with van der Waals surface area (Å²) in [5.74, 6) is -0.289. The van der Waals surface area contributed by atoms with E-state index < -0.39 is 0 Å². The minimum absolute atomic E-state index is 0. The molecular weight excluding hydrogens is 258 g/mol. The molecule has 1 unspecified atom stereocenters. The van der Waals surface area contributed by atoms with E-state index in [4.69, 9.17) is 4.74 Å². The van der Waals surface area contributed by atoms with Crippen LogP contribution in [0.25, 0.3) is 0 Å². The third-order valence-corrected chi connectivity index (χ3v) is 2.42. The predicted octanol–water partition coefficient (Wildman–Crippen LogP) is -2.58. The molecule has 0 rings (SSSR count). The molecule has 0 aromatic heterocycles. The van der Waals surface area contributed by atoms with Crippen LogP contribution in [0, 0.1) is 0 Å². The van der Waals surface area contributed by atoms with Crippen molar-refractivity contribution in [2.45, 2.75) is 33.7 Å². The van der Waals surface area contributed by atoms with Crippen LogP contribution >= 0.6 is 0 Å². The molecule has 0 heterocycles. The fraction of sp³-hybridized carbons (Fsp3) is 0.727. The lowest BCUT2D eigenvalue weighted by molar-refractivity contribution is -0.920. The zero-order chi connectivity index (χ0) is 11.1. The fourth-order valence-electron chi connectivity index (χ4n) is 1.39. The van der Waals surface area contributed by atoms with E-state index in [-0.39, 0.29) is 23.0 Å². The Morgan fingerprint density at radius 2 is 1.87 bits per heavy atom. The molecule has 0 fully saturated rings. The number of hydrogen-bond donors (Lipinski definition) is 1. The second kappa shape index (κ2) is 8.92. The van der Waals surface area contributed by atoms with Crippen molar-refractivity contribution >= 4 is 5.97 Å². The van der Waals surface area contributed by atoms with Gasteiger partial charge in [-0.2, -0.15) is 0 Å². The summed E-state index contributed by atoms with van der Waals surface area (Å²) in [6, 6.07) is 0.355. The summed E-state index contributed by atoms with van der Waals surface area (Å²) in [5, 5.41) is 0.